The molecule has 2 aliphatic carbocycles. The van der Waals surface area contributed by atoms with Gasteiger partial charge in [0.1, 0.15) is 29.8 Å². The van der Waals surface area contributed by atoms with Gasteiger partial charge in [0.25, 0.3) is 0 Å². The molecule has 7 aromatic rings. The van der Waals surface area contributed by atoms with Crippen LogP contribution in [0.3, 0.4) is 0 Å². The summed E-state index contributed by atoms with van der Waals surface area (Å²) in [5.41, 5.74) is 10.9. The number of rotatable bonds is 2. The van der Waals surface area contributed by atoms with Crippen LogP contribution in [-0.2, 0) is 0 Å². The summed E-state index contributed by atoms with van der Waals surface area (Å²) >= 11 is 1.46. The summed E-state index contributed by atoms with van der Waals surface area (Å²) in [6, 6.07) is 37.6. The van der Waals surface area contributed by atoms with Gasteiger partial charge in [0.2, 0.25) is 11.6 Å². The summed E-state index contributed by atoms with van der Waals surface area (Å²) in [6.07, 6.45) is 0. The molecule has 0 amide bonds. The lowest BCUT2D eigenvalue weighted by atomic mass is 9.94. The van der Waals surface area contributed by atoms with Crippen molar-refractivity contribution in [3.05, 3.63) is 129 Å². The Bertz CT molecular complexity index is 3080. The predicted octanol–water partition coefficient (Wildman–Crippen LogP) is 8.87. The summed E-state index contributed by atoms with van der Waals surface area (Å²) in [5.74, 6) is 0.105. The molecule has 0 N–H and O–H groups in total. The molecule has 0 fully saturated rings. The number of hydrogen-bond acceptors (Lipinski definition) is 10. The zero-order valence-electron chi connectivity index (χ0n) is 27.0. The molecule has 0 unspecified atom stereocenters. The van der Waals surface area contributed by atoms with Gasteiger partial charge in [-0.05, 0) is 53.4 Å². The van der Waals surface area contributed by atoms with E-state index in [0.717, 1.165) is 59.5 Å². The van der Waals surface area contributed by atoms with Crippen molar-refractivity contribution in [1.29, 1.82) is 26.3 Å². The maximum Gasteiger partial charge on any atom is 0.233 e. The molecule has 9 nitrogen and oxygen atoms in total. The number of nitrogens with zero attached hydrogens (tertiary/aromatic N) is 9. The van der Waals surface area contributed by atoms with Crippen LogP contribution in [0.4, 0.5) is 0 Å². The maximum absolute atomic E-state index is 10.2. The van der Waals surface area contributed by atoms with E-state index >= 15 is 0 Å². The second-order valence-corrected chi connectivity index (χ2v) is 13.2. The van der Waals surface area contributed by atoms with E-state index in [9.17, 15) is 26.3 Å². The van der Waals surface area contributed by atoms with Gasteiger partial charge in [-0.3, -0.25) is 0 Å². The fraction of sp³-hybridized carbons (Fsp3) is 0.0238. The molecular formula is C42H17N9S. The lowest BCUT2D eigenvalue weighted by Gasteiger charge is -2.11. The zero-order chi connectivity index (χ0) is 35.7. The number of benzene rings is 4. The van der Waals surface area contributed by atoms with Gasteiger partial charge in [-0.15, -0.1) is 11.3 Å². The van der Waals surface area contributed by atoms with E-state index in [1.54, 1.807) is 6.92 Å². The molecule has 10 heteroatoms. The van der Waals surface area contributed by atoms with Gasteiger partial charge in [0.15, 0.2) is 0 Å². The highest BCUT2D eigenvalue weighted by Crippen LogP contribution is 2.61. The second kappa shape index (κ2) is 11.4. The van der Waals surface area contributed by atoms with Crippen molar-refractivity contribution in [3.8, 4) is 75.1 Å². The summed E-state index contributed by atoms with van der Waals surface area (Å²) < 4.78 is 0. The van der Waals surface area contributed by atoms with E-state index in [0.29, 0.717) is 44.7 Å². The highest BCUT2D eigenvalue weighted by molar-refractivity contribution is 7.16. The Balaban J connectivity index is 1.30. The van der Waals surface area contributed by atoms with Gasteiger partial charge in [0.05, 0.1) is 28.5 Å². The van der Waals surface area contributed by atoms with Gasteiger partial charge >= 0.3 is 0 Å². The molecule has 4 aromatic carbocycles. The number of nitriles is 5. The number of aromatic nitrogens is 4. The van der Waals surface area contributed by atoms with Crippen LogP contribution in [0.1, 0.15) is 39.5 Å². The smallest absolute Gasteiger partial charge is 0.219 e. The fourth-order valence-corrected chi connectivity index (χ4v) is 8.79. The monoisotopic (exact) mass is 679 g/mol. The Morgan fingerprint density at radius 3 is 1.50 bits per heavy atom. The Hall–Kier alpha value is -7.81. The van der Waals surface area contributed by atoms with Gasteiger partial charge in [-0.1, -0.05) is 60.7 Å². The van der Waals surface area contributed by atoms with Crippen LogP contribution in [0.25, 0.3) is 77.7 Å². The normalized spacial score (nSPS) is 12.8. The number of para-hydroxylation sites is 2. The van der Waals surface area contributed by atoms with Crippen LogP contribution >= 0.6 is 11.3 Å². The minimum absolute atomic E-state index is 0.0237. The third-order valence-corrected chi connectivity index (χ3v) is 10.7. The highest BCUT2D eigenvalue weighted by atomic mass is 32.1. The third-order valence-electron chi connectivity index (χ3n) is 9.45. The van der Waals surface area contributed by atoms with Gasteiger partial charge in [-0.2, -0.15) is 26.3 Å². The Kier molecular flexibility index (Phi) is 6.62. The number of hydrogen-bond donors (Lipinski definition) is 0. The van der Waals surface area contributed by atoms with E-state index in [4.69, 9.17) is 0 Å². The fourth-order valence-electron chi connectivity index (χ4n) is 7.28. The first-order valence-corrected chi connectivity index (χ1v) is 16.8. The molecule has 0 atom stereocenters. The van der Waals surface area contributed by atoms with E-state index in [1.165, 1.54) is 11.3 Å². The molecule has 0 radical (unpaired) electrons. The summed E-state index contributed by atoms with van der Waals surface area (Å²) in [4.78, 5) is 19.6. The van der Waals surface area contributed by atoms with Gasteiger partial charge in [0, 0.05) is 59.5 Å². The molecule has 52 heavy (non-hydrogen) atoms. The quantitative estimate of drug-likeness (QED) is 0.162. The number of thiophene rings is 1. The summed E-state index contributed by atoms with van der Waals surface area (Å²) in [5, 5.41) is 51.6. The van der Waals surface area contributed by atoms with Crippen LogP contribution < -0.4 is 0 Å². The van der Waals surface area contributed by atoms with Crippen molar-refractivity contribution in [2.24, 2.45) is 0 Å². The number of fused-ring (bicyclic) bond motifs is 9. The zero-order valence-corrected chi connectivity index (χ0v) is 27.8. The maximum atomic E-state index is 10.2. The van der Waals surface area contributed by atoms with E-state index in [-0.39, 0.29) is 17.2 Å². The van der Waals surface area contributed by atoms with Crippen molar-refractivity contribution < 1.29 is 0 Å². The minimum atomic E-state index is -0.0237. The lowest BCUT2D eigenvalue weighted by molar-refractivity contribution is 1.16. The van der Waals surface area contributed by atoms with Crippen molar-refractivity contribution in [1.82, 2.24) is 19.9 Å². The minimum Gasteiger partial charge on any atom is -0.219 e. The molecule has 236 valence electrons. The molecule has 0 aliphatic heterocycles. The SMILES string of the molecule is C/C(C#N)=C1/c2cc(-c3nc(C#N)nc4ccccc34)ccc2-c2c1sc1c2-c2ccc(-c3nc(C#N)nc4ccccc34)cc2C1=C(C#N)C#N. The standard InChI is InChI=1S/C42H17N9S/c1-21(16-43)35-29-14-22(39-27-6-2-4-8-31(27)48-33(19-46)50-39)10-12-25(29)37-38-26-13-11-23(40-28-7-3-5-9-32(28)49-34(20-47)51-40)15-30(26)36(24(17-44)18-45)42(38)52-41(35)37/h2-15H,1H3/b35-21+. The van der Waals surface area contributed by atoms with Crippen molar-refractivity contribution >= 4 is 44.3 Å². The molecule has 9 rings (SSSR count). The third kappa shape index (κ3) is 4.22. The molecule has 3 heterocycles. The van der Waals surface area contributed by atoms with E-state index in [2.05, 4.69) is 50.3 Å². The molecule has 0 saturated heterocycles. The summed E-state index contributed by atoms with van der Waals surface area (Å²) in [7, 11) is 0. The molecule has 0 saturated carbocycles. The average Bonchev–Trinajstić information content (AvgIpc) is 3.82. The molecule has 3 aromatic heterocycles. The largest absolute Gasteiger partial charge is 0.233 e. The first-order chi connectivity index (χ1) is 25.5. The summed E-state index contributed by atoms with van der Waals surface area (Å²) in [6.45, 7) is 1.79. The van der Waals surface area contributed by atoms with E-state index in [1.807, 2.05) is 84.9 Å². The predicted molar refractivity (Wildman–Crippen MR) is 196 cm³/mol. The van der Waals surface area contributed by atoms with Crippen molar-refractivity contribution in [2.75, 3.05) is 0 Å². The van der Waals surface area contributed by atoms with Gasteiger partial charge in [-0.25, -0.2) is 19.9 Å². The average molecular weight is 680 g/mol. The van der Waals surface area contributed by atoms with E-state index < -0.39 is 0 Å². The molecule has 2 aliphatic rings. The first-order valence-electron chi connectivity index (χ1n) is 15.9. The van der Waals surface area contributed by atoms with Crippen LogP contribution in [0.15, 0.2) is 96.1 Å². The lowest BCUT2D eigenvalue weighted by Crippen LogP contribution is -1.96. The van der Waals surface area contributed by atoms with Crippen LogP contribution in [-0.4, -0.2) is 19.9 Å². The Morgan fingerprint density at radius 2 is 1.02 bits per heavy atom. The topological polar surface area (TPSA) is 171 Å². The number of allylic oxidation sites excluding steroid dienone is 2. The van der Waals surface area contributed by atoms with Crippen molar-refractivity contribution in [2.45, 2.75) is 6.92 Å². The Labute approximate surface area is 300 Å². The van der Waals surface area contributed by atoms with Crippen molar-refractivity contribution in [3.63, 3.8) is 0 Å². The van der Waals surface area contributed by atoms with Gasteiger partial charge < -0.3 is 0 Å². The molecule has 0 spiro atoms. The molecular weight excluding hydrogens is 663 g/mol. The van der Waals surface area contributed by atoms with Crippen LogP contribution in [0.2, 0.25) is 0 Å². The first kappa shape index (κ1) is 30.3. The molecule has 0 bridgehead atoms. The van der Waals surface area contributed by atoms with Crippen LogP contribution in [0, 0.1) is 56.7 Å². The Morgan fingerprint density at radius 1 is 0.538 bits per heavy atom. The second-order valence-electron chi connectivity index (χ2n) is 12.2. The van der Waals surface area contributed by atoms with Crippen LogP contribution in [0.5, 0.6) is 0 Å². The highest BCUT2D eigenvalue weighted by Gasteiger charge is 2.39.